The number of benzene rings is 1. The van der Waals surface area contributed by atoms with Crippen molar-refractivity contribution in [2.75, 3.05) is 6.61 Å². The minimum absolute atomic E-state index is 0.0860. The minimum Gasteiger partial charge on any atom is -0.396 e. The molecule has 4 nitrogen and oxygen atoms in total. The molecule has 7 heteroatoms. The molecule has 1 aromatic rings. The second-order valence-electron chi connectivity index (χ2n) is 5.45. The normalized spacial score (nSPS) is 26.9. The standard InChI is InChI=1S/C13H17ClFNO3S/c1-13(8-17)6-2-3-12(13)16-20(18,19)11-5-4-9(15)7-10(11)14/h4-5,7,12,16-17H,2-3,6,8H2,1H3. The van der Waals surface area contributed by atoms with E-state index in [4.69, 9.17) is 11.6 Å². The topological polar surface area (TPSA) is 66.4 Å². The van der Waals surface area contributed by atoms with Gasteiger partial charge in [0.15, 0.2) is 0 Å². The van der Waals surface area contributed by atoms with Crippen molar-refractivity contribution >= 4 is 21.6 Å². The van der Waals surface area contributed by atoms with Gasteiger partial charge in [-0.25, -0.2) is 17.5 Å². The van der Waals surface area contributed by atoms with Crippen molar-refractivity contribution in [2.45, 2.75) is 37.1 Å². The Morgan fingerprint density at radius 2 is 2.25 bits per heavy atom. The highest BCUT2D eigenvalue weighted by Gasteiger charge is 2.40. The summed E-state index contributed by atoms with van der Waals surface area (Å²) in [6.45, 7) is 1.76. The predicted octanol–water partition coefficient (Wildman–Crippen LogP) is 2.31. The maximum atomic E-state index is 13.0. The highest BCUT2D eigenvalue weighted by atomic mass is 35.5. The SMILES string of the molecule is CC1(CO)CCCC1NS(=O)(=O)c1ccc(F)cc1Cl. The molecule has 0 aliphatic heterocycles. The van der Waals surface area contributed by atoms with Crippen LogP contribution in [0.15, 0.2) is 23.1 Å². The first-order valence-corrected chi connectivity index (χ1v) is 8.23. The second-order valence-corrected chi connectivity index (χ2v) is 7.54. The van der Waals surface area contributed by atoms with Crippen molar-refractivity contribution in [1.29, 1.82) is 0 Å². The fourth-order valence-electron chi connectivity index (χ4n) is 2.57. The summed E-state index contributed by atoms with van der Waals surface area (Å²) in [4.78, 5) is -0.146. The van der Waals surface area contributed by atoms with Gasteiger partial charge in [0, 0.05) is 18.1 Å². The van der Waals surface area contributed by atoms with Gasteiger partial charge >= 0.3 is 0 Å². The van der Waals surface area contributed by atoms with Crippen LogP contribution in [0.3, 0.4) is 0 Å². The maximum Gasteiger partial charge on any atom is 0.242 e. The Balaban J connectivity index is 2.28. The number of rotatable bonds is 4. The van der Waals surface area contributed by atoms with E-state index < -0.39 is 21.3 Å². The molecule has 0 bridgehead atoms. The first kappa shape index (κ1) is 15.7. The van der Waals surface area contributed by atoms with Crippen molar-refractivity contribution < 1.29 is 17.9 Å². The Kier molecular flexibility index (Phi) is 4.39. The highest BCUT2D eigenvalue weighted by Crippen LogP contribution is 2.38. The van der Waals surface area contributed by atoms with Crippen LogP contribution in [0, 0.1) is 11.2 Å². The first-order chi connectivity index (χ1) is 9.28. The van der Waals surface area contributed by atoms with Crippen molar-refractivity contribution in [3.63, 3.8) is 0 Å². The molecule has 1 fully saturated rings. The minimum atomic E-state index is -3.83. The summed E-state index contributed by atoms with van der Waals surface area (Å²) < 4.78 is 40.2. The number of aliphatic hydroxyl groups excluding tert-OH is 1. The quantitative estimate of drug-likeness (QED) is 0.894. The van der Waals surface area contributed by atoms with Gasteiger partial charge in [0.1, 0.15) is 10.7 Å². The molecule has 0 radical (unpaired) electrons. The third-order valence-corrected chi connectivity index (χ3v) is 5.88. The van der Waals surface area contributed by atoms with Crippen LogP contribution < -0.4 is 4.72 Å². The van der Waals surface area contributed by atoms with E-state index in [1.165, 1.54) is 0 Å². The third-order valence-electron chi connectivity index (χ3n) is 3.92. The lowest BCUT2D eigenvalue weighted by Crippen LogP contribution is -2.44. The lowest BCUT2D eigenvalue weighted by atomic mass is 9.86. The summed E-state index contributed by atoms with van der Waals surface area (Å²) >= 11 is 5.80. The van der Waals surface area contributed by atoms with E-state index in [-0.39, 0.29) is 22.6 Å². The second kappa shape index (κ2) is 5.60. The van der Waals surface area contributed by atoms with Gasteiger partial charge in [-0.05, 0) is 31.0 Å². The van der Waals surface area contributed by atoms with E-state index in [0.717, 1.165) is 31.0 Å². The molecule has 2 rings (SSSR count). The van der Waals surface area contributed by atoms with E-state index in [1.54, 1.807) is 0 Å². The molecule has 2 N–H and O–H groups in total. The molecule has 112 valence electrons. The molecule has 2 unspecified atom stereocenters. The van der Waals surface area contributed by atoms with Crippen molar-refractivity contribution in [3.05, 3.63) is 29.0 Å². The van der Waals surface area contributed by atoms with Gasteiger partial charge in [-0.1, -0.05) is 24.9 Å². The Labute approximate surface area is 123 Å². The van der Waals surface area contributed by atoms with Crippen LogP contribution in [0.1, 0.15) is 26.2 Å². The van der Waals surface area contributed by atoms with Gasteiger partial charge in [-0.15, -0.1) is 0 Å². The average Bonchev–Trinajstić information content (AvgIpc) is 2.70. The summed E-state index contributed by atoms with van der Waals surface area (Å²) in [5, 5.41) is 9.29. The summed E-state index contributed by atoms with van der Waals surface area (Å²) in [6, 6.07) is 2.82. The summed E-state index contributed by atoms with van der Waals surface area (Å²) in [5.41, 5.74) is -0.473. The van der Waals surface area contributed by atoms with Crippen LogP contribution in [0.2, 0.25) is 5.02 Å². The van der Waals surface area contributed by atoms with Crippen molar-refractivity contribution in [3.8, 4) is 0 Å². The van der Waals surface area contributed by atoms with E-state index in [2.05, 4.69) is 4.72 Å². The molecule has 0 amide bonds. The molecule has 1 aliphatic rings. The fourth-order valence-corrected chi connectivity index (χ4v) is 4.51. The molecule has 0 aromatic heterocycles. The molecule has 2 atom stereocenters. The molecule has 1 saturated carbocycles. The molecule has 0 spiro atoms. The van der Waals surface area contributed by atoms with Gasteiger partial charge in [0.05, 0.1) is 5.02 Å². The van der Waals surface area contributed by atoms with Gasteiger partial charge in [-0.2, -0.15) is 0 Å². The van der Waals surface area contributed by atoms with E-state index in [9.17, 15) is 17.9 Å². The Morgan fingerprint density at radius 1 is 1.55 bits per heavy atom. The number of hydrogen-bond acceptors (Lipinski definition) is 3. The summed E-state index contributed by atoms with van der Waals surface area (Å²) in [7, 11) is -3.83. The first-order valence-electron chi connectivity index (χ1n) is 6.37. The monoisotopic (exact) mass is 321 g/mol. The summed E-state index contributed by atoms with van der Waals surface area (Å²) in [6.07, 6.45) is 2.27. The average molecular weight is 322 g/mol. The molecular weight excluding hydrogens is 305 g/mol. The van der Waals surface area contributed by atoms with Gasteiger partial charge in [-0.3, -0.25) is 0 Å². The lowest BCUT2D eigenvalue weighted by molar-refractivity contribution is 0.127. The largest absolute Gasteiger partial charge is 0.396 e. The van der Waals surface area contributed by atoms with Crippen LogP contribution in [0.4, 0.5) is 4.39 Å². The van der Waals surface area contributed by atoms with Crippen molar-refractivity contribution in [2.24, 2.45) is 5.41 Å². The highest BCUT2D eigenvalue weighted by molar-refractivity contribution is 7.89. The number of aliphatic hydroxyl groups is 1. The van der Waals surface area contributed by atoms with Crippen LogP contribution in [0.25, 0.3) is 0 Å². The van der Waals surface area contributed by atoms with Crippen molar-refractivity contribution in [1.82, 2.24) is 4.72 Å². The zero-order chi connectivity index (χ0) is 15.0. The Bertz CT molecular complexity index is 608. The van der Waals surface area contributed by atoms with Gasteiger partial charge in [0.2, 0.25) is 10.0 Å². The fraction of sp³-hybridized carbons (Fsp3) is 0.538. The van der Waals surface area contributed by atoms with Crippen LogP contribution in [-0.2, 0) is 10.0 Å². The zero-order valence-corrected chi connectivity index (χ0v) is 12.6. The number of halogens is 2. The van der Waals surface area contributed by atoms with Crippen LogP contribution >= 0.6 is 11.6 Å². The number of sulfonamides is 1. The van der Waals surface area contributed by atoms with E-state index in [1.807, 2.05) is 6.92 Å². The Morgan fingerprint density at radius 3 is 2.85 bits per heavy atom. The molecule has 0 saturated heterocycles. The summed E-state index contributed by atoms with van der Waals surface area (Å²) in [5.74, 6) is -0.588. The van der Waals surface area contributed by atoms with Crippen LogP contribution in [0.5, 0.6) is 0 Å². The molecule has 1 aromatic carbocycles. The third kappa shape index (κ3) is 2.98. The maximum absolute atomic E-state index is 13.0. The number of hydrogen-bond donors (Lipinski definition) is 2. The molecule has 0 heterocycles. The predicted molar refractivity (Wildman–Crippen MR) is 74.6 cm³/mol. The number of nitrogens with one attached hydrogen (secondary N) is 1. The smallest absolute Gasteiger partial charge is 0.242 e. The van der Waals surface area contributed by atoms with Crippen LogP contribution in [-0.4, -0.2) is 26.2 Å². The molecule has 1 aliphatic carbocycles. The molecule has 20 heavy (non-hydrogen) atoms. The molecular formula is C13H17ClFNO3S. The Hall–Kier alpha value is -0.690. The van der Waals surface area contributed by atoms with Gasteiger partial charge in [0.25, 0.3) is 0 Å². The van der Waals surface area contributed by atoms with E-state index >= 15 is 0 Å². The van der Waals surface area contributed by atoms with E-state index in [0.29, 0.717) is 6.42 Å². The zero-order valence-electron chi connectivity index (χ0n) is 11.1. The van der Waals surface area contributed by atoms with Gasteiger partial charge < -0.3 is 5.11 Å². The lowest BCUT2D eigenvalue weighted by Gasteiger charge is -2.29.